The first kappa shape index (κ1) is 26.5. The maximum absolute atomic E-state index is 12.8. The molecule has 4 unspecified atom stereocenters. The Hall–Kier alpha value is -1.43. The minimum Gasteiger partial charge on any atom is -0.459 e. The third kappa shape index (κ3) is 4.15. The minimum absolute atomic E-state index is 0.0166. The molecule has 0 aromatic heterocycles. The van der Waals surface area contributed by atoms with Crippen molar-refractivity contribution >= 4 is 5.97 Å². The number of hydrogen-bond donors (Lipinski definition) is 0. The van der Waals surface area contributed by atoms with Gasteiger partial charge in [-0.1, -0.05) is 65.2 Å². The summed E-state index contributed by atoms with van der Waals surface area (Å²) in [6.45, 7) is 10.6. The zero-order valence-corrected chi connectivity index (χ0v) is 24.5. The standard InChI is InChI=1S/C34H48O5/c1-22(2)10-8-11-23(3)26-14-15-27-31(26,4)17-9-18-33(27)28(38-33)29-34(39-29)20-25(16-19-32(34)21-36-32)37-30(35)24-12-6-5-7-13-24/h5-7,12-13,22-23,25-29H,8-11,14-21H2,1-4H3/t23-,25+,26-,27-,28?,29?,31-,32+,33?,34?/m1/s1. The van der Waals surface area contributed by atoms with Gasteiger partial charge < -0.3 is 18.9 Å². The molecular formula is C34H48O5. The van der Waals surface area contributed by atoms with Crippen molar-refractivity contribution in [3.63, 3.8) is 0 Å². The highest BCUT2D eigenvalue weighted by Crippen LogP contribution is 2.72. The van der Waals surface area contributed by atoms with Gasteiger partial charge in [0.05, 0.1) is 12.2 Å². The summed E-state index contributed by atoms with van der Waals surface area (Å²) in [6.07, 6.45) is 13.1. The third-order valence-electron chi connectivity index (χ3n) is 12.1. The van der Waals surface area contributed by atoms with Gasteiger partial charge in [0, 0.05) is 6.42 Å². The number of ether oxygens (including phenoxy) is 4. The van der Waals surface area contributed by atoms with E-state index in [1.807, 2.05) is 30.3 Å². The van der Waals surface area contributed by atoms with Crippen LogP contribution in [0.1, 0.15) is 109 Å². The van der Waals surface area contributed by atoms with Crippen LogP contribution in [-0.2, 0) is 18.9 Å². The summed E-state index contributed by atoms with van der Waals surface area (Å²) in [4.78, 5) is 12.8. The highest BCUT2D eigenvalue weighted by Gasteiger charge is 2.85. The Morgan fingerprint density at radius 3 is 2.54 bits per heavy atom. The first-order valence-corrected chi connectivity index (χ1v) is 16.0. The average Bonchev–Trinajstić information content (AvgIpc) is 3.85. The van der Waals surface area contributed by atoms with E-state index < -0.39 is 0 Å². The number of esters is 1. The topological polar surface area (TPSA) is 63.9 Å². The van der Waals surface area contributed by atoms with Crippen LogP contribution in [0.3, 0.4) is 0 Å². The molecule has 5 heteroatoms. The van der Waals surface area contributed by atoms with Crippen LogP contribution in [0.4, 0.5) is 0 Å². The summed E-state index contributed by atoms with van der Waals surface area (Å²) < 4.78 is 25.7. The molecule has 6 aliphatic rings. The Bertz CT molecular complexity index is 1080. The van der Waals surface area contributed by atoms with E-state index in [9.17, 15) is 4.79 Å². The lowest BCUT2D eigenvalue weighted by Crippen LogP contribution is -2.48. The first-order valence-electron chi connectivity index (χ1n) is 16.0. The number of benzene rings is 1. The van der Waals surface area contributed by atoms with Crippen LogP contribution in [-0.4, -0.2) is 47.7 Å². The van der Waals surface area contributed by atoms with Gasteiger partial charge in [-0.05, 0) is 86.2 Å². The van der Waals surface area contributed by atoms with Crippen LogP contribution in [0.5, 0.6) is 0 Å². The highest BCUT2D eigenvalue weighted by molar-refractivity contribution is 5.89. The Kier molecular flexibility index (Phi) is 6.31. The van der Waals surface area contributed by atoms with Gasteiger partial charge in [0.25, 0.3) is 0 Å². The van der Waals surface area contributed by atoms with Crippen LogP contribution in [0.15, 0.2) is 30.3 Å². The smallest absolute Gasteiger partial charge is 0.338 e. The van der Waals surface area contributed by atoms with Gasteiger partial charge in [-0.25, -0.2) is 4.79 Å². The second kappa shape index (κ2) is 9.29. The second-order valence-corrected chi connectivity index (χ2v) is 14.7. The molecule has 6 fully saturated rings. The lowest BCUT2D eigenvalue weighted by molar-refractivity contribution is -0.00943. The van der Waals surface area contributed by atoms with Gasteiger partial charge in [-0.3, -0.25) is 0 Å². The van der Waals surface area contributed by atoms with Crippen LogP contribution in [0.25, 0.3) is 0 Å². The van der Waals surface area contributed by atoms with Crippen LogP contribution in [0.2, 0.25) is 0 Å². The molecule has 3 aliphatic carbocycles. The Balaban J connectivity index is 1.04. The van der Waals surface area contributed by atoms with Crippen molar-refractivity contribution in [3.05, 3.63) is 35.9 Å². The molecule has 0 radical (unpaired) electrons. The Morgan fingerprint density at radius 1 is 1.00 bits per heavy atom. The van der Waals surface area contributed by atoms with E-state index in [2.05, 4.69) is 27.7 Å². The number of fused-ring (bicyclic) bond motifs is 3. The molecule has 3 saturated carbocycles. The SMILES string of the molecule is CC(C)CCC[C@@H](C)[C@H]1CC[C@H]2C3(CCC[C@]12C)OC3C1OC12C[C@@H](OC(=O)c1ccccc1)CC[C@]21CO1. The summed E-state index contributed by atoms with van der Waals surface area (Å²) >= 11 is 0. The fraction of sp³-hybridized carbons (Fsp3) is 0.794. The van der Waals surface area contributed by atoms with Gasteiger partial charge in [0.15, 0.2) is 0 Å². The number of carbonyl (C=O) groups is 1. The van der Waals surface area contributed by atoms with E-state index in [-0.39, 0.29) is 41.1 Å². The zero-order chi connectivity index (χ0) is 27.0. The van der Waals surface area contributed by atoms with E-state index >= 15 is 0 Å². The molecule has 7 rings (SSSR count). The molecule has 214 valence electrons. The lowest BCUT2D eigenvalue weighted by Gasteiger charge is -2.46. The second-order valence-electron chi connectivity index (χ2n) is 14.7. The Morgan fingerprint density at radius 2 is 1.79 bits per heavy atom. The van der Waals surface area contributed by atoms with Crippen molar-refractivity contribution in [2.75, 3.05) is 6.61 Å². The van der Waals surface area contributed by atoms with Crippen LogP contribution in [0, 0.1) is 29.1 Å². The molecule has 10 atom stereocenters. The normalized spacial score (nSPS) is 46.4. The van der Waals surface area contributed by atoms with Crippen LogP contribution < -0.4 is 0 Å². The van der Waals surface area contributed by atoms with Gasteiger partial charge in [0.2, 0.25) is 0 Å². The molecule has 1 aromatic rings. The molecule has 3 spiro atoms. The van der Waals surface area contributed by atoms with Gasteiger partial charge in [-0.2, -0.15) is 0 Å². The van der Waals surface area contributed by atoms with Gasteiger partial charge in [-0.15, -0.1) is 0 Å². The van der Waals surface area contributed by atoms with Gasteiger partial charge >= 0.3 is 5.97 Å². The number of rotatable bonds is 8. The summed E-state index contributed by atoms with van der Waals surface area (Å²) in [7, 11) is 0. The van der Waals surface area contributed by atoms with Crippen LogP contribution >= 0.6 is 0 Å². The summed E-state index contributed by atoms with van der Waals surface area (Å²) in [6, 6.07) is 9.34. The largest absolute Gasteiger partial charge is 0.459 e. The molecule has 0 N–H and O–H groups in total. The zero-order valence-electron chi connectivity index (χ0n) is 24.5. The molecule has 3 aliphatic heterocycles. The number of carbonyl (C=O) groups excluding carboxylic acids is 1. The third-order valence-corrected chi connectivity index (χ3v) is 12.1. The minimum atomic E-state index is -0.350. The number of hydrogen-bond acceptors (Lipinski definition) is 5. The maximum Gasteiger partial charge on any atom is 0.338 e. The van der Waals surface area contributed by atoms with E-state index in [4.69, 9.17) is 18.9 Å². The van der Waals surface area contributed by atoms with Crippen molar-refractivity contribution in [1.82, 2.24) is 0 Å². The van der Waals surface area contributed by atoms with Crippen molar-refractivity contribution in [2.24, 2.45) is 29.1 Å². The maximum atomic E-state index is 12.8. The molecule has 39 heavy (non-hydrogen) atoms. The molecule has 0 bridgehead atoms. The predicted molar refractivity (Wildman–Crippen MR) is 149 cm³/mol. The quantitative estimate of drug-likeness (QED) is 0.261. The summed E-state index contributed by atoms with van der Waals surface area (Å²) in [5, 5.41) is 0. The molecule has 0 amide bonds. The lowest BCUT2D eigenvalue weighted by atomic mass is 9.57. The van der Waals surface area contributed by atoms with Crippen molar-refractivity contribution in [2.45, 2.75) is 133 Å². The van der Waals surface area contributed by atoms with E-state index in [0.717, 1.165) is 43.6 Å². The molecule has 5 nitrogen and oxygen atoms in total. The first-order chi connectivity index (χ1) is 18.7. The summed E-state index contributed by atoms with van der Waals surface area (Å²) in [5.74, 6) is 2.79. The fourth-order valence-electron chi connectivity index (χ4n) is 9.96. The average molecular weight is 537 g/mol. The van der Waals surface area contributed by atoms with E-state index in [1.54, 1.807) is 0 Å². The van der Waals surface area contributed by atoms with Crippen molar-refractivity contribution in [3.8, 4) is 0 Å². The van der Waals surface area contributed by atoms with Crippen molar-refractivity contribution < 1.29 is 23.7 Å². The molecule has 3 heterocycles. The molecular weight excluding hydrogens is 488 g/mol. The molecule has 3 saturated heterocycles. The van der Waals surface area contributed by atoms with Crippen molar-refractivity contribution in [1.29, 1.82) is 0 Å². The van der Waals surface area contributed by atoms with E-state index in [0.29, 0.717) is 16.9 Å². The summed E-state index contributed by atoms with van der Waals surface area (Å²) in [5.41, 5.74) is 0.430. The van der Waals surface area contributed by atoms with Gasteiger partial charge in [0.1, 0.15) is 35.1 Å². The highest BCUT2D eigenvalue weighted by atomic mass is 16.7. The number of epoxide rings is 3. The fourth-order valence-corrected chi connectivity index (χ4v) is 9.96. The predicted octanol–water partition coefficient (Wildman–Crippen LogP) is 7.12. The Labute approximate surface area is 234 Å². The van der Waals surface area contributed by atoms with E-state index in [1.165, 1.54) is 51.4 Å². The molecule has 1 aromatic carbocycles. The monoisotopic (exact) mass is 536 g/mol.